The van der Waals surface area contributed by atoms with Gasteiger partial charge in [-0.25, -0.2) is 13.8 Å². The Morgan fingerprint density at radius 3 is 2.76 bits per heavy atom. The van der Waals surface area contributed by atoms with Crippen LogP contribution in [0, 0.1) is 18.6 Å². The molecule has 0 unspecified atom stereocenters. The molecule has 150 valence electrons. The van der Waals surface area contributed by atoms with Gasteiger partial charge < -0.3 is 9.47 Å². The predicted octanol–water partition coefficient (Wildman–Crippen LogP) is 4.53. The molecule has 0 N–H and O–H groups in total. The van der Waals surface area contributed by atoms with Gasteiger partial charge in [0.1, 0.15) is 36.3 Å². The van der Waals surface area contributed by atoms with E-state index in [2.05, 4.69) is 10.1 Å². The second-order valence-electron chi connectivity index (χ2n) is 6.64. The largest absolute Gasteiger partial charge is 0.488 e. The summed E-state index contributed by atoms with van der Waals surface area (Å²) in [5.41, 5.74) is 2.65. The number of aryl methyl sites for hydroxylation is 1. The van der Waals surface area contributed by atoms with Crippen LogP contribution in [-0.4, -0.2) is 28.8 Å². The van der Waals surface area contributed by atoms with Crippen LogP contribution >= 0.6 is 11.6 Å². The molecule has 3 aromatic rings. The van der Waals surface area contributed by atoms with E-state index in [0.29, 0.717) is 42.1 Å². The van der Waals surface area contributed by atoms with Crippen molar-refractivity contribution in [1.29, 1.82) is 0 Å². The molecule has 2 aromatic carbocycles. The summed E-state index contributed by atoms with van der Waals surface area (Å²) in [5, 5.41) is 5.11. The lowest BCUT2D eigenvalue weighted by atomic mass is 10.2. The van der Waals surface area contributed by atoms with Crippen molar-refractivity contribution in [2.75, 3.05) is 13.2 Å². The highest BCUT2D eigenvalue weighted by atomic mass is 35.5. The Kier molecular flexibility index (Phi) is 5.49. The molecular weight excluding hydrogens is 400 g/mol. The SMILES string of the molecule is Cc1cc(C2=NCCO2)nn1Cc1cc(Cl)ccc1OCc1ccc(F)cc1F. The lowest BCUT2D eigenvalue weighted by molar-refractivity contribution is 0.295. The first kappa shape index (κ1) is 19.4. The second-order valence-corrected chi connectivity index (χ2v) is 7.08. The maximum Gasteiger partial charge on any atom is 0.237 e. The van der Waals surface area contributed by atoms with E-state index in [1.165, 1.54) is 12.1 Å². The summed E-state index contributed by atoms with van der Waals surface area (Å²) in [6, 6.07) is 10.5. The van der Waals surface area contributed by atoms with Crippen LogP contribution < -0.4 is 4.74 Å². The number of ether oxygens (including phenoxy) is 2. The van der Waals surface area contributed by atoms with E-state index in [1.54, 1.807) is 22.9 Å². The van der Waals surface area contributed by atoms with Gasteiger partial charge >= 0.3 is 0 Å². The minimum absolute atomic E-state index is 0.0330. The van der Waals surface area contributed by atoms with E-state index in [4.69, 9.17) is 21.1 Å². The molecular formula is C21H18ClF2N3O2. The van der Waals surface area contributed by atoms with Gasteiger partial charge in [0.15, 0.2) is 0 Å². The van der Waals surface area contributed by atoms with Crippen molar-refractivity contribution in [2.45, 2.75) is 20.1 Å². The molecule has 5 nitrogen and oxygen atoms in total. The zero-order valence-corrected chi connectivity index (χ0v) is 16.4. The molecule has 29 heavy (non-hydrogen) atoms. The molecule has 1 aliphatic rings. The van der Waals surface area contributed by atoms with Gasteiger partial charge in [-0.2, -0.15) is 5.10 Å². The van der Waals surface area contributed by atoms with Crippen LogP contribution in [0.15, 0.2) is 47.5 Å². The average molecular weight is 418 g/mol. The van der Waals surface area contributed by atoms with E-state index in [0.717, 1.165) is 17.3 Å². The van der Waals surface area contributed by atoms with Crippen LogP contribution in [0.25, 0.3) is 0 Å². The molecule has 0 aliphatic carbocycles. The van der Waals surface area contributed by atoms with Crippen molar-refractivity contribution in [3.63, 3.8) is 0 Å². The number of hydrogen-bond acceptors (Lipinski definition) is 4. The van der Waals surface area contributed by atoms with Crippen LogP contribution in [0.3, 0.4) is 0 Å². The summed E-state index contributed by atoms with van der Waals surface area (Å²) in [6.07, 6.45) is 0. The third-order valence-electron chi connectivity index (χ3n) is 4.53. The maximum absolute atomic E-state index is 13.9. The summed E-state index contributed by atoms with van der Waals surface area (Å²) in [5.74, 6) is -0.185. The van der Waals surface area contributed by atoms with Crippen LogP contribution in [-0.2, 0) is 17.9 Å². The third kappa shape index (κ3) is 4.40. The zero-order chi connectivity index (χ0) is 20.4. The molecule has 4 rings (SSSR count). The summed E-state index contributed by atoms with van der Waals surface area (Å²) in [6.45, 7) is 3.50. The van der Waals surface area contributed by atoms with Gasteiger partial charge in [0, 0.05) is 27.9 Å². The summed E-state index contributed by atoms with van der Waals surface area (Å²) in [4.78, 5) is 4.29. The topological polar surface area (TPSA) is 48.6 Å². The number of rotatable bonds is 6. The number of nitrogens with zero attached hydrogens (tertiary/aromatic N) is 3. The molecule has 0 amide bonds. The second kappa shape index (κ2) is 8.21. The standard InChI is InChI=1S/C21H18ClF2N3O2/c1-13-8-19(21-25-6-7-28-21)26-27(13)11-15-9-16(22)3-5-20(15)29-12-14-2-4-17(23)10-18(14)24/h2-5,8-10H,6-7,11-12H2,1H3. The smallest absolute Gasteiger partial charge is 0.237 e. The lowest BCUT2D eigenvalue weighted by Gasteiger charge is -2.13. The third-order valence-corrected chi connectivity index (χ3v) is 4.76. The van der Waals surface area contributed by atoms with E-state index in [-0.39, 0.29) is 12.2 Å². The first-order chi connectivity index (χ1) is 14.0. The minimum atomic E-state index is -0.648. The maximum atomic E-state index is 13.9. The Balaban J connectivity index is 1.55. The number of hydrogen-bond donors (Lipinski definition) is 0. The molecule has 0 radical (unpaired) electrons. The van der Waals surface area contributed by atoms with E-state index in [1.807, 2.05) is 13.0 Å². The number of benzene rings is 2. The average Bonchev–Trinajstić information content (AvgIpc) is 3.33. The normalized spacial score (nSPS) is 13.3. The van der Waals surface area contributed by atoms with Gasteiger partial charge in [-0.3, -0.25) is 4.68 Å². The first-order valence-electron chi connectivity index (χ1n) is 9.07. The summed E-state index contributed by atoms with van der Waals surface area (Å²) >= 11 is 6.17. The molecule has 2 heterocycles. The van der Waals surface area contributed by atoms with Gasteiger partial charge in [-0.15, -0.1) is 0 Å². The van der Waals surface area contributed by atoms with Crippen LogP contribution in [0.1, 0.15) is 22.5 Å². The Bertz CT molecular complexity index is 1080. The predicted molar refractivity (Wildman–Crippen MR) is 106 cm³/mol. The Morgan fingerprint density at radius 1 is 1.14 bits per heavy atom. The highest BCUT2D eigenvalue weighted by molar-refractivity contribution is 6.30. The van der Waals surface area contributed by atoms with Crippen LogP contribution in [0.5, 0.6) is 5.75 Å². The Morgan fingerprint density at radius 2 is 2.00 bits per heavy atom. The molecule has 0 spiro atoms. The zero-order valence-electron chi connectivity index (χ0n) is 15.7. The van der Waals surface area contributed by atoms with E-state index < -0.39 is 11.6 Å². The first-order valence-corrected chi connectivity index (χ1v) is 9.44. The van der Waals surface area contributed by atoms with Gasteiger partial charge in [-0.05, 0) is 43.3 Å². The number of aromatic nitrogens is 2. The van der Waals surface area contributed by atoms with E-state index >= 15 is 0 Å². The molecule has 0 saturated heterocycles. The molecule has 1 aliphatic heterocycles. The fourth-order valence-corrected chi connectivity index (χ4v) is 3.23. The van der Waals surface area contributed by atoms with Crippen molar-refractivity contribution in [3.8, 4) is 5.75 Å². The van der Waals surface area contributed by atoms with Gasteiger partial charge in [0.05, 0.1) is 13.1 Å². The number of aliphatic imine (C=N–C) groups is 1. The fraction of sp³-hybridized carbons (Fsp3) is 0.238. The van der Waals surface area contributed by atoms with Gasteiger partial charge in [-0.1, -0.05) is 11.6 Å². The Labute approximate surface area is 171 Å². The van der Waals surface area contributed by atoms with Crippen molar-refractivity contribution in [2.24, 2.45) is 4.99 Å². The highest BCUT2D eigenvalue weighted by Crippen LogP contribution is 2.26. The van der Waals surface area contributed by atoms with Crippen LogP contribution in [0.2, 0.25) is 5.02 Å². The molecule has 8 heteroatoms. The van der Waals surface area contributed by atoms with Crippen molar-refractivity contribution < 1.29 is 18.3 Å². The van der Waals surface area contributed by atoms with Gasteiger partial charge in [0.25, 0.3) is 0 Å². The minimum Gasteiger partial charge on any atom is -0.488 e. The molecule has 0 fully saturated rings. The summed E-state index contributed by atoms with van der Waals surface area (Å²) < 4.78 is 40.1. The van der Waals surface area contributed by atoms with Gasteiger partial charge in [0.2, 0.25) is 5.90 Å². The van der Waals surface area contributed by atoms with Crippen molar-refractivity contribution in [3.05, 3.63) is 81.6 Å². The quantitative estimate of drug-likeness (QED) is 0.592. The highest BCUT2D eigenvalue weighted by Gasteiger charge is 2.17. The van der Waals surface area contributed by atoms with Crippen molar-refractivity contribution in [1.82, 2.24) is 9.78 Å². The summed E-state index contributed by atoms with van der Waals surface area (Å²) in [7, 11) is 0. The molecule has 0 bridgehead atoms. The molecule has 1 aromatic heterocycles. The lowest BCUT2D eigenvalue weighted by Crippen LogP contribution is -2.09. The van der Waals surface area contributed by atoms with Crippen LogP contribution in [0.4, 0.5) is 8.78 Å². The number of halogens is 3. The fourth-order valence-electron chi connectivity index (χ4n) is 3.03. The van der Waals surface area contributed by atoms with E-state index in [9.17, 15) is 8.78 Å². The molecule has 0 saturated carbocycles. The van der Waals surface area contributed by atoms with Crippen molar-refractivity contribution >= 4 is 17.5 Å². The molecule has 0 atom stereocenters. The monoisotopic (exact) mass is 417 g/mol. The Hall–Kier alpha value is -2.93.